The van der Waals surface area contributed by atoms with Gasteiger partial charge in [0.2, 0.25) is 0 Å². The van der Waals surface area contributed by atoms with Gasteiger partial charge in [-0.1, -0.05) is 6.08 Å². The summed E-state index contributed by atoms with van der Waals surface area (Å²) in [5.41, 5.74) is 0.126. The molecule has 10 nitrogen and oxygen atoms in total. The second-order valence-corrected chi connectivity index (χ2v) is 9.85. The monoisotopic (exact) mass is 530 g/mol. The van der Waals surface area contributed by atoms with Gasteiger partial charge in [0.25, 0.3) is 0 Å². The normalized spacial score (nSPS) is 11.9. The Balaban J connectivity index is 1.91. The maximum Gasteiger partial charge on any atom is 0.347 e. The van der Waals surface area contributed by atoms with E-state index in [2.05, 4.69) is 4.90 Å². The molecule has 0 amide bonds. The van der Waals surface area contributed by atoms with Gasteiger partial charge in [0, 0.05) is 49.3 Å². The van der Waals surface area contributed by atoms with Crippen LogP contribution in [0.1, 0.15) is 50.7 Å². The first kappa shape index (κ1) is 27.9. The standard InChI is InChI=1S/C26H30N2O8S/c1-3-28(4-2)19-10-12-20-22(16-19)36-26(32)21(25(20)31)11-9-18-13-15-27(17-23(18)37(33,34)35)14-7-5-6-8-24(29)30/h9-13,15-17H,3-8,14H2,1-2H3,(H2,29,30,33,34,35). The average molecular weight is 531 g/mol. The Labute approximate surface area is 214 Å². The lowest BCUT2D eigenvalue weighted by molar-refractivity contribution is -0.699. The second-order valence-electron chi connectivity index (χ2n) is 8.50. The number of carboxylic acids is 1. The third-order valence-electron chi connectivity index (χ3n) is 6.05. The summed E-state index contributed by atoms with van der Waals surface area (Å²) in [5.74, 6) is -1.19. The van der Waals surface area contributed by atoms with Gasteiger partial charge in [-0.15, -0.1) is 0 Å². The van der Waals surface area contributed by atoms with Gasteiger partial charge in [-0.2, -0.15) is 0 Å². The first-order valence-electron chi connectivity index (χ1n) is 12.0. The zero-order valence-electron chi connectivity index (χ0n) is 20.7. The molecule has 11 heteroatoms. The van der Waals surface area contributed by atoms with Crippen molar-refractivity contribution in [2.24, 2.45) is 0 Å². The molecule has 3 rings (SSSR count). The lowest BCUT2D eigenvalue weighted by Gasteiger charge is -2.21. The topological polar surface area (TPSA) is 152 Å². The number of aliphatic carboxylic acids is 1. The molecule has 0 unspecified atom stereocenters. The van der Waals surface area contributed by atoms with Crippen LogP contribution in [0.4, 0.5) is 5.69 Å². The van der Waals surface area contributed by atoms with Crippen molar-refractivity contribution in [1.82, 2.24) is 0 Å². The lowest BCUT2D eigenvalue weighted by atomic mass is 10.1. The molecule has 0 fully saturated rings. The number of aromatic hydroxyl groups is 1. The Hall–Kier alpha value is -3.70. The van der Waals surface area contributed by atoms with Crippen molar-refractivity contribution in [1.29, 1.82) is 0 Å². The number of hydrogen-bond acceptors (Lipinski definition) is 8. The number of benzene rings is 1. The van der Waals surface area contributed by atoms with Gasteiger partial charge in [-0.3, -0.25) is 4.79 Å². The fourth-order valence-electron chi connectivity index (χ4n) is 4.05. The summed E-state index contributed by atoms with van der Waals surface area (Å²) in [6.45, 7) is 5.91. The molecule has 1 aromatic carbocycles. The van der Waals surface area contributed by atoms with Crippen molar-refractivity contribution in [3.05, 3.63) is 58.2 Å². The summed E-state index contributed by atoms with van der Waals surface area (Å²) in [5, 5.41) is 19.8. The Morgan fingerprint density at radius 2 is 1.86 bits per heavy atom. The highest BCUT2D eigenvalue weighted by Crippen LogP contribution is 2.31. The Morgan fingerprint density at radius 1 is 1.14 bits per heavy atom. The number of carbonyl (C=O) groups is 1. The van der Waals surface area contributed by atoms with Crippen molar-refractivity contribution < 1.29 is 37.0 Å². The molecule has 0 aliphatic rings. The number of pyridine rings is 1. The Kier molecular flexibility index (Phi) is 9.06. The van der Waals surface area contributed by atoms with Gasteiger partial charge in [0.05, 0.1) is 5.39 Å². The summed E-state index contributed by atoms with van der Waals surface area (Å²) < 4.78 is 42.7. The van der Waals surface area contributed by atoms with Crippen LogP contribution < -0.4 is 15.1 Å². The van der Waals surface area contributed by atoms with Crippen LogP contribution in [-0.2, 0) is 21.5 Å². The van der Waals surface area contributed by atoms with Gasteiger partial charge in [-0.25, -0.2) is 17.8 Å². The number of hydrogen-bond donors (Lipinski definition) is 2. The largest absolute Gasteiger partial charge is 0.744 e. The van der Waals surface area contributed by atoms with Crippen LogP contribution in [0.3, 0.4) is 0 Å². The third kappa shape index (κ3) is 6.95. The van der Waals surface area contributed by atoms with Gasteiger partial charge in [0.1, 0.15) is 38.5 Å². The molecule has 0 radical (unpaired) electrons. The molecular formula is C26H30N2O8S. The predicted molar refractivity (Wildman–Crippen MR) is 137 cm³/mol. The van der Waals surface area contributed by atoms with Crippen LogP contribution in [0.5, 0.6) is 5.75 Å². The lowest BCUT2D eigenvalue weighted by Crippen LogP contribution is -2.34. The van der Waals surface area contributed by atoms with Crippen molar-refractivity contribution in [2.45, 2.75) is 51.0 Å². The quantitative estimate of drug-likeness (QED) is 0.155. The van der Waals surface area contributed by atoms with E-state index >= 15 is 0 Å². The molecule has 37 heavy (non-hydrogen) atoms. The number of rotatable bonds is 12. The first-order valence-corrected chi connectivity index (χ1v) is 13.4. The minimum Gasteiger partial charge on any atom is -0.744 e. The van der Waals surface area contributed by atoms with E-state index < -0.39 is 26.6 Å². The zero-order valence-corrected chi connectivity index (χ0v) is 21.5. The van der Waals surface area contributed by atoms with Gasteiger partial charge in [-0.05, 0) is 44.9 Å². The average Bonchev–Trinajstić information content (AvgIpc) is 2.84. The van der Waals surface area contributed by atoms with Crippen LogP contribution in [0.25, 0.3) is 23.1 Å². The smallest absolute Gasteiger partial charge is 0.347 e. The van der Waals surface area contributed by atoms with E-state index in [0.29, 0.717) is 31.2 Å². The summed E-state index contributed by atoms with van der Waals surface area (Å²) >= 11 is 0. The number of carboxylic acid groups (broad SMARTS) is 1. The highest BCUT2D eigenvalue weighted by atomic mass is 32.2. The maximum atomic E-state index is 12.6. The number of unbranched alkanes of at least 4 members (excludes halogenated alkanes) is 2. The van der Waals surface area contributed by atoms with E-state index in [4.69, 9.17) is 9.52 Å². The van der Waals surface area contributed by atoms with Crippen LogP contribution in [0.15, 0.2) is 50.8 Å². The fourth-order valence-corrected chi connectivity index (χ4v) is 4.74. The number of fused-ring (bicyclic) bond motifs is 1. The molecule has 0 spiro atoms. The molecule has 0 aliphatic carbocycles. The molecule has 2 aromatic heterocycles. The molecule has 0 bridgehead atoms. The highest BCUT2D eigenvalue weighted by Gasteiger charge is 2.16. The SMILES string of the molecule is CCN(CC)c1ccc2c(O)c(/C=C/c3cc[n+](CCCCCC(=O)O)cc3S(=O)(=O)[O-])c(=O)oc2c1. The van der Waals surface area contributed by atoms with Crippen molar-refractivity contribution >= 4 is 44.9 Å². The molecule has 0 saturated carbocycles. The van der Waals surface area contributed by atoms with Crippen LogP contribution >= 0.6 is 0 Å². The van der Waals surface area contributed by atoms with E-state index in [0.717, 1.165) is 18.8 Å². The Morgan fingerprint density at radius 3 is 2.51 bits per heavy atom. The molecule has 0 atom stereocenters. The summed E-state index contributed by atoms with van der Waals surface area (Å²) in [6, 6.07) is 6.56. The number of aryl methyl sites for hydroxylation is 1. The molecular weight excluding hydrogens is 500 g/mol. The van der Waals surface area contributed by atoms with Crippen molar-refractivity contribution in [3.63, 3.8) is 0 Å². The minimum absolute atomic E-state index is 0.0490. The van der Waals surface area contributed by atoms with Crippen LogP contribution in [0, 0.1) is 0 Å². The third-order valence-corrected chi connectivity index (χ3v) is 6.93. The number of anilines is 1. The van der Waals surface area contributed by atoms with E-state index in [1.54, 1.807) is 18.3 Å². The first-order chi connectivity index (χ1) is 17.5. The van der Waals surface area contributed by atoms with Crippen molar-refractivity contribution in [3.8, 4) is 5.75 Å². The number of aromatic nitrogens is 1. The molecule has 2 N–H and O–H groups in total. The van der Waals surface area contributed by atoms with E-state index in [-0.39, 0.29) is 28.9 Å². The molecule has 198 valence electrons. The fraction of sp³-hybridized carbons (Fsp3) is 0.346. The Bertz CT molecular complexity index is 1470. The summed E-state index contributed by atoms with van der Waals surface area (Å²) in [4.78, 5) is 24.8. The van der Waals surface area contributed by atoms with Gasteiger partial charge < -0.3 is 24.1 Å². The number of nitrogens with zero attached hydrogens (tertiary/aromatic N) is 2. The van der Waals surface area contributed by atoms with Crippen LogP contribution in [0.2, 0.25) is 0 Å². The van der Waals surface area contributed by atoms with Gasteiger partial charge >= 0.3 is 11.6 Å². The minimum atomic E-state index is -4.85. The predicted octanol–water partition coefficient (Wildman–Crippen LogP) is 3.35. The van der Waals surface area contributed by atoms with Gasteiger partial charge in [0.15, 0.2) is 12.4 Å². The molecule has 0 aliphatic heterocycles. The summed E-state index contributed by atoms with van der Waals surface area (Å²) in [7, 11) is -4.85. The van der Waals surface area contributed by atoms with E-state index in [9.17, 15) is 27.7 Å². The molecule has 3 aromatic rings. The molecule has 0 saturated heterocycles. The van der Waals surface area contributed by atoms with E-state index in [1.807, 2.05) is 19.9 Å². The second kappa shape index (κ2) is 12.0. The maximum absolute atomic E-state index is 12.6. The van der Waals surface area contributed by atoms with Crippen LogP contribution in [-0.4, -0.2) is 42.2 Å². The highest BCUT2D eigenvalue weighted by molar-refractivity contribution is 7.85. The summed E-state index contributed by atoms with van der Waals surface area (Å²) in [6.07, 6.45) is 7.07. The molecule has 2 heterocycles. The van der Waals surface area contributed by atoms with E-state index in [1.165, 1.54) is 29.0 Å². The zero-order chi connectivity index (χ0) is 27.2. The van der Waals surface area contributed by atoms with Crippen molar-refractivity contribution in [2.75, 3.05) is 18.0 Å².